The molecule has 33 heavy (non-hydrogen) atoms. The van der Waals surface area contributed by atoms with Gasteiger partial charge < -0.3 is 15.5 Å². The average molecular weight is 466 g/mol. The number of carbonyl (C=O) groups is 1. The van der Waals surface area contributed by atoms with Crippen molar-refractivity contribution in [1.82, 2.24) is 25.5 Å². The smallest absolute Gasteiger partial charge is 0.318 e. The van der Waals surface area contributed by atoms with Crippen LogP contribution in [0.1, 0.15) is 34.6 Å². The van der Waals surface area contributed by atoms with Gasteiger partial charge in [-0.3, -0.25) is 0 Å². The van der Waals surface area contributed by atoms with E-state index < -0.39 is 5.54 Å². The first-order valence-corrected chi connectivity index (χ1v) is 11.5. The minimum absolute atomic E-state index is 0.0991. The lowest BCUT2D eigenvalue weighted by atomic mass is 9.89. The summed E-state index contributed by atoms with van der Waals surface area (Å²) in [5.74, 6) is 0.404. The monoisotopic (exact) mass is 465 g/mol. The molecule has 2 aliphatic rings. The molecule has 2 aromatic carbocycles. The zero-order valence-corrected chi connectivity index (χ0v) is 18.9. The van der Waals surface area contributed by atoms with Gasteiger partial charge in [-0.25, -0.2) is 19.2 Å². The minimum atomic E-state index is -0.457. The summed E-state index contributed by atoms with van der Waals surface area (Å²) in [5.41, 5.74) is 3.47. The Morgan fingerprint density at radius 3 is 2.70 bits per heavy atom. The summed E-state index contributed by atoms with van der Waals surface area (Å²) >= 11 is 6.07. The van der Waals surface area contributed by atoms with Crippen LogP contribution in [0, 0.1) is 5.82 Å². The van der Waals surface area contributed by atoms with Crippen molar-refractivity contribution in [2.45, 2.75) is 31.3 Å². The van der Waals surface area contributed by atoms with Crippen molar-refractivity contribution < 1.29 is 9.18 Å². The van der Waals surface area contributed by atoms with Crippen LogP contribution in [0.25, 0.3) is 0 Å². The fourth-order valence-electron chi connectivity index (χ4n) is 4.56. The lowest BCUT2D eigenvalue weighted by Gasteiger charge is -2.35. The number of urea groups is 1. The third-order valence-corrected chi connectivity index (χ3v) is 6.71. The molecule has 1 unspecified atom stereocenters. The summed E-state index contributed by atoms with van der Waals surface area (Å²) in [6, 6.07) is 13.9. The summed E-state index contributed by atoms with van der Waals surface area (Å²) in [6.07, 6.45) is 3.90. The maximum Gasteiger partial charge on any atom is 0.318 e. The van der Waals surface area contributed by atoms with Crippen molar-refractivity contribution in [3.8, 4) is 0 Å². The molecule has 2 N–H and O–H groups in total. The maximum atomic E-state index is 13.3. The summed E-state index contributed by atoms with van der Waals surface area (Å²) in [7, 11) is 0. The first kappa shape index (κ1) is 21.8. The molecule has 1 atom stereocenters. The molecule has 3 aromatic rings. The third kappa shape index (κ3) is 4.70. The number of rotatable bonds is 4. The van der Waals surface area contributed by atoms with Gasteiger partial charge >= 0.3 is 6.03 Å². The van der Waals surface area contributed by atoms with Gasteiger partial charge in [-0.05, 0) is 60.3 Å². The van der Waals surface area contributed by atoms with Crippen LogP contribution in [0.3, 0.4) is 0 Å². The largest absolute Gasteiger partial charge is 0.327 e. The normalized spacial score (nSPS) is 19.9. The number of nitrogens with zero attached hydrogens (tertiary/aromatic N) is 3. The van der Waals surface area contributed by atoms with Gasteiger partial charge in [0.1, 0.15) is 11.6 Å². The Morgan fingerprint density at radius 1 is 1.18 bits per heavy atom. The maximum absolute atomic E-state index is 13.3. The Balaban J connectivity index is 1.31. The van der Waals surface area contributed by atoms with Gasteiger partial charge in [-0.1, -0.05) is 35.9 Å². The summed E-state index contributed by atoms with van der Waals surface area (Å²) < 4.78 is 13.2. The fraction of sp³-hybridized carbons (Fsp3) is 0.320. The topological polar surface area (TPSA) is 70.2 Å². The van der Waals surface area contributed by atoms with Crippen molar-refractivity contribution in [2.24, 2.45) is 0 Å². The van der Waals surface area contributed by atoms with E-state index in [1.165, 1.54) is 12.1 Å². The lowest BCUT2D eigenvalue weighted by molar-refractivity contribution is 0.177. The lowest BCUT2D eigenvalue weighted by Crippen LogP contribution is -2.53. The van der Waals surface area contributed by atoms with Crippen LogP contribution in [0.15, 0.2) is 54.7 Å². The SMILES string of the molecule is O=C(NC1(c2ccc(Cl)cc2)CCNC1)N1CCc2cnc(Cc3ccc(F)cc3)nc2C1. The number of nitrogens with one attached hydrogen (secondary N) is 2. The van der Waals surface area contributed by atoms with Crippen molar-refractivity contribution in [3.05, 3.63) is 93.8 Å². The van der Waals surface area contributed by atoms with Crippen LogP contribution in [-0.4, -0.2) is 40.5 Å². The van der Waals surface area contributed by atoms with Gasteiger partial charge in [0, 0.05) is 30.7 Å². The number of hydrogen-bond donors (Lipinski definition) is 2. The summed E-state index contributed by atoms with van der Waals surface area (Å²) in [5, 5.41) is 7.34. The number of benzene rings is 2. The van der Waals surface area contributed by atoms with Crippen molar-refractivity contribution in [2.75, 3.05) is 19.6 Å². The van der Waals surface area contributed by atoms with Crippen LogP contribution in [-0.2, 0) is 24.9 Å². The van der Waals surface area contributed by atoms with E-state index in [1.807, 2.05) is 35.4 Å². The van der Waals surface area contributed by atoms with Gasteiger partial charge in [0.05, 0.1) is 17.8 Å². The predicted octanol–water partition coefficient (Wildman–Crippen LogP) is 3.82. The highest BCUT2D eigenvalue weighted by molar-refractivity contribution is 6.30. The first-order chi connectivity index (χ1) is 16.0. The molecule has 0 saturated carbocycles. The van der Waals surface area contributed by atoms with Gasteiger partial charge in [-0.15, -0.1) is 0 Å². The highest BCUT2D eigenvalue weighted by Crippen LogP contribution is 2.30. The molecule has 2 amide bonds. The van der Waals surface area contributed by atoms with Gasteiger partial charge in [-0.2, -0.15) is 0 Å². The van der Waals surface area contributed by atoms with E-state index in [2.05, 4.69) is 15.6 Å². The van der Waals surface area contributed by atoms with E-state index in [0.29, 0.717) is 43.3 Å². The number of amides is 2. The molecule has 8 heteroatoms. The van der Waals surface area contributed by atoms with Gasteiger partial charge in [0.15, 0.2) is 0 Å². The molecule has 1 aromatic heterocycles. The van der Waals surface area contributed by atoms with Gasteiger partial charge in [0.25, 0.3) is 0 Å². The fourth-order valence-corrected chi connectivity index (χ4v) is 4.68. The zero-order valence-electron chi connectivity index (χ0n) is 18.2. The predicted molar refractivity (Wildman–Crippen MR) is 125 cm³/mol. The molecule has 170 valence electrons. The Hall–Kier alpha value is -3.03. The van der Waals surface area contributed by atoms with E-state index in [4.69, 9.17) is 16.6 Å². The van der Waals surface area contributed by atoms with Crippen LogP contribution >= 0.6 is 11.6 Å². The molecule has 5 rings (SSSR count). The second-order valence-corrected chi connectivity index (χ2v) is 9.12. The molecule has 0 aliphatic carbocycles. The Kier molecular flexibility index (Phi) is 6.00. The number of aromatic nitrogens is 2. The van der Waals surface area contributed by atoms with Crippen LogP contribution in [0.5, 0.6) is 0 Å². The minimum Gasteiger partial charge on any atom is -0.327 e. The molecule has 0 radical (unpaired) electrons. The molecule has 3 heterocycles. The molecule has 6 nitrogen and oxygen atoms in total. The molecule has 0 spiro atoms. The Bertz CT molecular complexity index is 1150. The highest BCUT2D eigenvalue weighted by atomic mass is 35.5. The third-order valence-electron chi connectivity index (χ3n) is 6.46. The first-order valence-electron chi connectivity index (χ1n) is 11.1. The van der Waals surface area contributed by atoms with E-state index in [1.54, 1.807) is 12.1 Å². The molecule has 1 fully saturated rings. The van der Waals surface area contributed by atoms with E-state index in [0.717, 1.165) is 35.3 Å². The Labute approximate surface area is 197 Å². The average Bonchev–Trinajstić information content (AvgIpc) is 3.30. The van der Waals surface area contributed by atoms with E-state index in [-0.39, 0.29) is 11.8 Å². The number of fused-ring (bicyclic) bond motifs is 1. The van der Waals surface area contributed by atoms with Crippen molar-refractivity contribution in [1.29, 1.82) is 0 Å². The second-order valence-electron chi connectivity index (χ2n) is 8.68. The number of carbonyl (C=O) groups excluding carboxylic acids is 1. The zero-order chi connectivity index (χ0) is 22.8. The van der Waals surface area contributed by atoms with Crippen molar-refractivity contribution in [3.63, 3.8) is 0 Å². The van der Waals surface area contributed by atoms with Crippen LogP contribution < -0.4 is 10.6 Å². The standard InChI is InChI=1S/C25H25ClFN5O/c26-20-5-3-19(4-6-20)25(10-11-28-16-25)31-24(33)32-12-9-18-14-29-23(30-22(18)15-32)13-17-1-7-21(27)8-2-17/h1-8,14,28H,9-13,15-16H2,(H,31,33). The van der Waals surface area contributed by atoms with Crippen LogP contribution in [0.2, 0.25) is 5.02 Å². The summed E-state index contributed by atoms with van der Waals surface area (Å²) in [6.45, 7) is 2.56. The number of halogens is 2. The molecule has 1 saturated heterocycles. The second kappa shape index (κ2) is 9.08. The molecule has 2 aliphatic heterocycles. The Morgan fingerprint density at radius 2 is 1.97 bits per heavy atom. The summed E-state index contributed by atoms with van der Waals surface area (Å²) in [4.78, 5) is 24.3. The van der Waals surface area contributed by atoms with E-state index in [9.17, 15) is 9.18 Å². The molecular formula is C25H25ClFN5O. The van der Waals surface area contributed by atoms with Crippen molar-refractivity contribution >= 4 is 17.6 Å². The molecular weight excluding hydrogens is 441 g/mol. The number of hydrogen-bond acceptors (Lipinski definition) is 4. The quantitative estimate of drug-likeness (QED) is 0.614. The van der Waals surface area contributed by atoms with Crippen LogP contribution in [0.4, 0.5) is 9.18 Å². The van der Waals surface area contributed by atoms with E-state index >= 15 is 0 Å². The highest BCUT2D eigenvalue weighted by Gasteiger charge is 2.38. The van der Waals surface area contributed by atoms with Gasteiger partial charge in [0.2, 0.25) is 0 Å². The molecule has 0 bridgehead atoms.